The lowest BCUT2D eigenvalue weighted by molar-refractivity contribution is -0.125. The molecule has 2 fully saturated rings. The van der Waals surface area contributed by atoms with Gasteiger partial charge in [-0.15, -0.1) is 0 Å². The van der Waals surface area contributed by atoms with Crippen molar-refractivity contribution in [2.45, 2.75) is 37.1 Å². The first-order chi connectivity index (χ1) is 12.0. The third-order valence-corrected chi connectivity index (χ3v) is 7.18. The van der Waals surface area contributed by atoms with Gasteiger partial charge >= 0.3 is 0 Å². The molecule has 2 saturated heterocycles. The molecule has 2 aliphatic heterocycles. The largest absolute Gasteiger partial charge is 0.353 e. The summed E-state index contributed by atoms with van der Waals surface area (Å²) in [6, 6.07) is 8.61. The molecule has 0 aromatic heterocycles. The molecule has 1 atom stereocenters. The van der Waals surface area contributed by atoms with E-state index in [1.807, 2.05) is 6.07 Å². The van der Waals surface area contributed by atoms with Crippen molar-refractivity contribution in [2.75, 3.05) is 32.7 Å². The van der Waals surface area contributed by atoms with Gasteiger partial charge in [-0.3, -0.25) is 4.79 Å². The third-order valence-electron chi connectivity index (χ3n) is 5.27. The summed E-state index contributed by atoms with van der Waals surface area (Å²) in [4.78, 5) is 15.0. The van der Waals surface area contributed by atoms with Crippen LogP contribution in [0.3, 0.4) is 0 Å². The molecule has 0 aliphatic carbocycles. The fourth-order valence-electron chi connectivity index (χ4n) is 3.63. The van der Waals surface area contributed by atoms with Gasteiger partial charge in [0.1, 0.15) is 0 Å². The maximum absolute atomic E-state index is 12.6. The second-order valence-corrected chi connectivity index (χ2v) is 8.82. The summed E-state index contributed by atoms with van der Waals surface area (Å²) in [6.45, 7) is 5.83. The zero-order chi connectivity index (χ0) is 17.9. The van der Waals surface area contributed by atoms with Crippen LogP contribution in [-0.4, -0.2) is 62.3 Å². The Morgan fingerprint density at radius 3 is 2.40 bits per heavy atom. The minimum absolute atomic E-state index is 0.0744. The molecule has 0 radical (unpaired) electrons. The number of nitrogens with one attached hydrogen (secondary N) is 1. The number of nitrogens with zero attached hydrogens (tertiary/aromatic N) is 2. The molecule has 0 bridgehead atoms. The predicted octanol–water partition coefficient (Wildman–Crippen LogP) is 1.30. The van der Waals surface area contributed by atoms with E-state index in [0.717, 1.165) is 26.1 Å². The van der Waals surface area contributed by atoms with Crippen LogP contribution in [-0.2, 0) is 14.8 Å². The van der Waals surface area contributed by atoms with Gasteiger partial charge in [0.05, 0.1) is 10.8 Å². The topological polar surface area (TPSA) is 69.7 Å². The quantitative estimate of drug-likeness (QED) is 0.854. The maximum Gasteiger partial charge on any atom is 0.243 e. The van der Waals surface area contributed by atoms with Gasteiger partial charge in [-0.1, -0.05) is 25.1 Å². The van der Waals surface area contributed by atoms with Crippen molar-refractivity contribution in [3.63, 3.8) is 0 Å². The molecule has 6 nitrogen and oxygen atoms in total. The van der Waals surface area contributed by atoms with Gasteiger partial charge in [0, 0.05) is 25.7 Å². The summed E-state index contributed by atoms with van der Waals surface area (Å²) in [5.41, 5.74) is 0. The summed E-state index contributed by atoms with van der Waals surface area (Å²) in [5.74, 6) is 0.200. The first kappa shape index (κ1) is 18.4. The number of hydrogen-bond donors (Lipinski definition) is 1. The van der Waals surface area contributed by atoms with Crippen LogP contribution in [0, 0.1) is 5.92 Å². The highest BCUT2D eigenvalue weighted by Gasteiger charge is 2.32. The normalized spacial score (nSPS) is 23.6. The zero-order valence-corrected chi connectivity index (χ0v) is 15.5. The Labute approximate surface area is 150 Å². The highest BCUT2D eigenvalue weighted by atomic mass is 32.2. The number of likely N-dealkylation sites (tertiary alicyclic amines) is 1. The second kappa shape index (κ2) is 7.85. The van der Waals surface area contributed by atoms with Gasteiger partial charge in [0.25, 0.3) is 0 Å². The SMILES string of the molecule is CCN1CC[C@@H](C(=O)NC2CCN(S(=O)(=O)c3ccccc3)CC2)C1. The Morgan fingerprint density at radius 1 is 1.12 bits per heavy atom. The van der Waals surface area contributed by atoms with Gasteiger partial charge in [-0.2, -0.15) is 4.31 Å². The number of benzene rings is 1. The Balaban J connectivity index is 1.51. The lowest BCUT2D eigenvalue weighted by atomic mass is 10.0. The Bertz CT molecular complexity index is 685. The van der Waals surface area contributed by atoms with Crippen molar-refractivity contribution in [1.29, 1.82) is 0 Å². The number of rotatable bonds is 5. The minimum atomic E-state index is -3.43. The van der Waals surface area contributed by atoms with Gasteiger partial charge in [-0.25, -0.2) is 8.42 Å². The van der Waals surface area contributed by atoms with Crippen LogP contribution in [0.1, 0.15) is 26.2 Å². The highest BCUT2D eigenvalue weighted by Crippen LogP contribution is 2.21. The van der Waals surface area contributed by atoms with Crippen LogP contribution < -0.4 is 5.32 Å². The summed E-state index contributed by atoms with van der Waals surface area (Å²) in [6.07, 6.45) is 2.25. The number of piperidine rings is 1. The van der Waals surface area contributed by atoms with Gasteiger partial charge in [-0.05, 0) is 44.5 Å². The van der Waals surface area contributed by atoms with E-state index in [9.17, 15) is 13.2 Å². The first-order valence-corrected chi connectivity index (χ1v) is 10.5. The highest BCUT2D eigenvalue weighted by molar-refractivity contribution is 7.89. The molecule has 0 unspecified atom stereocenters. The van der Waals surface area contributed by atoms with Gasteiger partial charge < -0.3 is 10.2 Å². The smallest absolute Gasteiger partial charge is 0.243 e. The van der Waals surface area contributed by atoms with E-state index >= 15 is 0 Å². The van der Waals surface area contributed by atoms with Crippen molar-refractivity contribution in [3.8, 4) is 0 Å². The van der Waals surface area contributed by atoms with E-state index in [2.05, 4.69) is 17.1 Å². The molecular formula is C18H27N3O3S. The van der Waals surface area contributed by atoms with Crippen molar-refractivity contribution in [3.05, 3.63) is 30.3 Å². The predicted molar refractivity (Wildman–Crippen MR) is 96.6 cm³/mol. The summed E-state index contributed by atoms with van der Waals surface area (Å²) >= 11 is 0. The number of sulfonamides is 1. The van der Waals surface area contributed by atoms with Gasteiger partial charge in [0.2, 0.25) is 15.9 Å². The molecule has 25 heavy (non-hydrogen) atoms. The number of amides is 1. The maximum atomic E-state index is 12.6. The van der Waals surface area contributed by atoms with Crippen LogP contribution in [0.2, 0.25) is 0 Å². The lowest BCUT2D eigenvalue weighted by Crippen LogP contribution is -2.48. The fraction of sp³-hybridized carbons (Fsp3) is 0.611. The molecule has 1 amide bonds. The fourth-order valence-corrected chi connectivity index (χ4v) is 5.13. The van der Waals surface area contributed by atoms with E-state index < -0.39 is 10.0 Å². The van der Waals surface area contributed by atoms with E-state index in [1.54, 1.807) is 24.3 Å². The van der Waals surface area contributed by atoms with Crippen molar-refractivity contribution < 1.29 is 13.2 Å². The molecular weight excluding hydrogens is 338 g/mol. The van der Waals surface area contributed by atoms with E-state index in [1.165, 1.54) is 4.31 Å². The third kappa shape index (κ3) is 4.22. The molecule has 1 N–H and O–H groups in total. The Kier molecular flexibility index (Phi) is 5.76. The number of hydrogen-bond acceptors (Lipinski definition) is 4. The van der Waals surface area contributed by atoms with Crippen LogP contribution in [0.25, 0.3) is 0 Å². The van der Waals surface area contributed by atoms with E-state index in [-0.39, 0.29) is 17.9 Å². The van der Waals surface area contributed by atoms with E-state index in [4.69, 9.17) is 0 Å². The molecule has 3 rings (SSSR count). The standard InChI is InChI=1S/C18H27N3O3S/c1-2-20-11-8-15(14-20)18(22)19-16-9-12-21(13-10-16)25(23,24)17-6-4-3-5-7-17/h3-7,15-16H,2,8-14H2,1H3,(H,19,22)/t15-/m1/s1. The molecule has 0 spiro atoms. The summed E-state index contributed by atoms with van der Waals surface area (Å²) in [5, 5.41) is 3.13. The molecule has 0 saturated carbocycles. The van der Waals surface area contributed by atoms with Crippen LogP contribution in [0.4, 0.5) is 0 Å². The number of carbonyl (C=O) groups excluding carboxylic acids is 1. The molecule has 1 aromatic carbocycles. The van der Waals surface area contributed by atoms with Crippen LogP contribution >= 0.6 is 0 Å². The van der Waals surface area contributed by atoms with Crippen molar-refractivity contribution in [2.24, 2.45) is 5.92 Å². The average Bonchev–Trinajstić information content (AvgIpc) is 3.12. The average molecular weight is 365 g/mol. The lowest BCUT2D eigenvalue weighted by Gasteiger charge is -2.32. The summed E-state index contributed by atoms with van der Waals surface area (Å²) < 4.78 is 26.8. The molecule has 7 heteroatoms. The number of carbonyl (C=O) groups is 1. The van der Waals surface area contributed by atoms with Crippen molar-refractivity contribution >= 4 is 15.9 Å². The monoisotopic (exact) mass is 365 g/mol. The second-order valence-electron chi connectivity index (χ2n) is 6.88. The Hall–Kier alpha value is -1.44. The van der Waals surface area contributed by atoms with Crippen molar-refractivity contribution in [1.82, 2.24) is 14.5 Å². The molecule has 138 valence electrons. The minimum Gasteiger partial charge on any atom is -0.353 e. The van der Waals surface area contributed by atoms with E-state index in [0.29, 0.717) is 30.8 Å². The first-order valence-electron chi connectivity index (χ1n) is 9.08. The van der Waals surface area contributed by atoms with Crippen LogP contribution in [0.5, 0.6) is 0 Å². The van der Waals surface area contributed by atoms with Crippen LogP contribution in [0.15, 0.2) is 35.2 Å². The molecule has 2 aliphatic rings. The molecule has 2 heterocycles. The summed E-state index contributed by atoms with van der Waals surface area (Å²) in [7, 11) is -3.43. The zero-order valence-electron chi connectivity index (χ0n) is 14.7. The van der Waals surface area contributed by atoms with Gasteiger partial charge in [0.15, 0.2) is 0 Å². The molecule has 1 aromatic rings. The Morgan fingerprint density at radius 2 is 1.80 bits per heavy atom.